The molecule has 1 aliphatic carbocycles. The second-order valence-corrected chi connectivity index (χ2v) is 3.31. The molecule has 10 heavy (non-hydrogen) atoms. The minimum Gasteiger partial charge on any atom is -0.381 e. The number of nitrogens with one attached hydrogen (secondary N) is 1. The summed E-state index contributed by atoms with van der Waals surface area (Å²) in [4.78, 5) is 0. The van der Waals surface area contributed by atoms with Crippen molar-refractivity contribution in [2.75, 3.05) is 19.8 Å². The van der Waals surface area contributed by atoms with E-state index in [1.807, 2.05) is 0 Å². The molecule has 2 atom stereocenters. The zero-order valence-electron chi connectivity index (χ0n) is 6.31. The van der Waals surface area contributed by atoms with E-state index >= 15 is 0 Å². The lowest BCUT2D eigenvalue weighted by molar-refractivity contribution is 0.129. The fourth-order valence-corrected chi connectivity index (χ4v) is 1.62. The zero-order chi connectivity index (χ0) is 6.81. The molecule has 2 rings (SSSR count). The Hall–Kier alpha value is -0.0800. The third-order valence-electron chi connectivity index (χ3n) is 2.43. The van der Waals surface area contributed by atoms with Gasteiger partial charge in [0.25, 0.3) is 0 Å². The van der Waals surface area contributed by atoms with Gasteiger partial charge in [-0.15, -0.1) is 0 Å². The lowest BCUT2D eigenvalue weighted by Crippen LogP contribution is -2.19. The molecule has 1 saturated heterocycles. The highest BCUT2D eigenvalue weighted by atomic mass is 16.5. The van der Waals surface area contributed by atoms with Crippen LogP contribution in [0.4, 0.5) is 0 Å². The van der Waals surface area contributed by atoms with Gasteiger partial charge in [0.1, 0.15) is 0 Å². The van der Waals surface area contributed by atoms with E-state index in [0.29, 0.717) is 0 Å². The van der Waals surface area contributed by atoms with E-state index < -0.39 is 0 Å². The van der Waals surface area contributed by atoms with Crippen LogP contribution < -0.4 is 5.32 Å². The summed E-state index contributed by atoms with van der Waals surface area (Å²) < 4.78 is 5.41. The molecule has 0 aromatic carbocycles. The molecule has 0 bridgehead atoms. The molecule has 1 saturated carbocycles. The molecular formula is C8H15NO. The number of fused-ring (bicyclic) bond motifs is 1. The number of ether oxygens (including phenoxy) is 1. The molecule has 0 aromatic rings. The molecule has 2 fully saturated rings. The summed E-state index contributed by atoms with van der Waals surface area (Å²) in [7, 11) is 0. The third-order valence-corrected chi connectivity index (χ3v) is 2.43. The molecule has 58 valence electrons. The largest absolute Gasteiger partial charge is 0.381 e. The molecule has 0 aromatic heterocycles. The van der Waals surface area contributed by atoms with Gasteiger partial charge in [0, 0.05) is 19.3 Å². The first-order valence-electron chi connectivity index (χ1n) is 4.28. The van der Waals surface area contributed by atoms with Crippen LogP contribution in [0, 0.1) is 5.92 Å². The summed E-state index contributed by atoms with van der Waals surface area (Å²) in [6.07, 6.45) is 3.85. The van der Waals surface area contributed by atoms with Crippen molar-refractivity contribution >= 4 is 0 Å². The van der Waals surface area contributed by atoms with E-state index in [4.69, 9.17) is 4.74 Å². The van der Waals surface area contributed by atoms with Crippen molar-refractivity contribution in [2.24, 2.45) is 5.92 Å². The third kappa shape index (κ3) is 1.50. The van der Waals surface area contributed by atoms with Gasteiger partial charge in [0.05, 0.1) is 0 Å². The van der Waals surface area contributed by atoms with Crippen molar-refractivity contribution in [2.45, 2.75) is 25.3 Å². The second-order valence-electron chi connectivity index (χ2n) is 3.31. The molecule has 0 amide bonds. The van der Waals surface area contributed by atoms with E-state index in [2.05, 4.69) is 5.32 Å². The predicted molar refractivity (Wildman–Crippen MR) is 40.0 cm³/mol. The van der Waals surface area contributed by atoms with Gasteiger partial charge in [-0.25, -0.2) is 0 Å². The van der Waals surface area contributed by atoms with E-state index in [0.717, 1.165) is 31.7 Å². The first-order chi connectivity index (χ1) is 4.97. The molecule has 1 heterocycles. The Morgan fingerprint density at radius 3 is 3.30 bits per heavy atom. The molecule has 2 aliphatic rings. The van der Waals surface area contributed by atoms with Gasteiger partial charge in [0.2, 0.25) is 0 Å². The SMILES string of the molecule is C1CN[C@H]2CC2CCOC1. The molecule has 1 N–H and O–H groups in total. The zero-order valence-corrected chi connectivity index (χ0v) is 6.31. The smallest absolute Gasteiger partial charge is 0.0478 e. The number of rotatable bonds is 0. The number of hydrogen-bond donors (Lipinski definition) is 1. The Morgan fingerprint density at radius 1 is 1.30 bits per heavy atom. The molecule has 0 radical (unpaired) electrons. The van der Waals surface area contributed by atoms with Crippen LogP contribution in [0.1, 0.15) is 19.3 Å². The summed E-state index contributed by atoms with van der Waals surface area (Å²) in [5.74, 6) is 0.943. The van der Waals surface area contributed by atoms with Crippen LogP contribution in [0.5, 0.6) is 0 Å². The summed E-state index contributed by atoms with van der Waals surface area (Å²) in [6, 6.07) is 0.849. The van der Waals surface area contributed by atoms with Crippen molar-refractivity contribution in [1.82, 2.24) is 5.32 Å². The summed E-state index contributed by atoms with van der Waals surface area (Å²) >= 11 is 0. The Balaban J connectivity index is 1.77. The Labute approximate surface area is 61.9 Å². The normalized spacial score (nSPS) is 40.8. The van der Waals surface area contributed by atoms with Gasteiger partial charge >= 0.3 is 0 Å². The van der Waals surface area contributed by atoms with Gasteiger partial charge in [-0.3, -0.25) is 0 Å². The first kappa shape index (κ1) is 6.62. The van der Waals surface area contributed by atoms with E-state index in [9.17, 15) is 0 Å². The monoisotopic (exact) mass is 141 g/mol. The second kappa shape index (κ2) is 2.89. The van der Waals surface area contributed by atoms with Crippen LogP contribution in [0.3, 0.4) is 0 Å². The van der Waals surface area contributed by atoms with Crippen molar-refractivity contribution in [3.05, 3.63) is 0 Å². The standard InChI is InChI=1S/C8H15NO/c1-3-9-8-6-7(8)2-5-10-4-1/h7-9H,1-6H2/t7?,8-/m0/s1. The van der Waals surface area contributed by atoms with Gasteiger partial charge in [-0.1, -0.05) is 0 Å². The molecular weight excluding hydrogens is 126 g/mol. The quantitative estimate of drug-likeness (QED) is 0.538. The van der Waals surface area contributed by atoms with E-state index in [-0.39, 0.29) is 0 Å². The minimum absolute atomic E-state index is 0.849. The fourth-order valence-electron chi connectivity index (χ4n) is 1.62. The maximum Gasteiger partial charge on any atom is 0.0478 e. The summed E-state index contributed by atoms with van der Waals surface area (Å²) in [5, 5.41) is 3.52. The highest BCUT2D eigenvalue weighted by Crippen LogP contribution is 2.33. The average Bonchev–Trinajstić information content (AvgIpc) is 2.66. The average molecular weight is 141 g/mol. The Morgan fingerprint density at radius 2 is 2.30 bits per heavy atom. The summed E-state index contributed by atoms with van der Waals surface area (Å²) in [5.41, 5.74) is 0. The molecule has 2 heteroatoms. The maximum atomic E-state index is 5.41. The predicted octanol–water partition coefficient (Wildman–Crippen LogP) is 0.775. The van der Waals surface area contributed by atoms with E-state index in [1.165, 1.54) is 19.3 Å². The fraction of sp³-hybridized carbons (Fsp3) is 1.00. The van der Waals surface area contributed by atoms with Crippen LogP contribution in [0.2, 0.25) is 0 Å². The lowest BCUT2D eigenvalue weighted by Gasteiger charge is -2.00. The minimum atomic E-state index is 0.849. The topological polar surface area (TPSA) is 21.3 Å². The lowest BCUT2D eigenvalue weighted by atomic mass is 10.3. The van der Waals surface area contributed by atoms with Crippen LogP contribution >= 0.6 is 0 Å². The highest BCUT2D eigenvalue weighted by Gasteiger charge is 2.35. The van der Waals surface area contributed by atoms with Gasteiger partial charge in [0.15, 0.2) is 0 Å². The van der Waals surface area contributed by atoms with Crippen molar-refractivity contribution in [3.8, 4) is 0 Å². The molecule has 1 aliphatic heterocycles. The Bertz CT molecular complexity index is 104. The van der Waals surface area contributed by atoms with Crippen molar-refractivity contribution < 1.29 is 4.74 Å². The van der Waals surface area contributed by atoms with E-state index in [1.54, 1.807) is 0 Å². The van der Waals surface area contributed by atoms with Crippen molar-refractivity contribution in [1.29, 1.82) is 0 Å². The van der Waals surface area contributed by atoms with Crippen LogP contribution in [0.25, 0.3) is 0 Å². The van der Waals surface area contributed by atoms with Gasteiger partial charge in [-0.05, 0) is 31.7 Å². The Kier molecular flexibility index (Phi) is 1.91. The number of hydrogen-bond acceptors (Lipinski definition) is 2. The summed E-state index contributed by atoms with van der Waals surface area (Å²) in [6.45, 7) is 3.09. The van der Waals surface area contributed by atoms with Crippen molar-refractivity contribution in [3.63, 3.8) is 0 Å². The van der Waals surface area contributed by atoms with Crippen LogP contribution in [-0.2, 0) is 4.74 Å². The highest BCUT2D eigenvalue weighted by molar-refractivity contribution is 4.92. The van der Waals surface area contributed by atoms with Crippen LogP contribution in [0.15, 0.2) is 0 Å². The molecule has 0 spiro atoms. The first-order valence-corrected chi connectivity index (χ1v) is 4.28. The van der Waals surface area contributed by atoms with Gasteiger partial charge < -0.3 is 10.1 Å². The van der Waals surface area contributed by atoms with Gasteiger partial charge in [-0.2, -0.15) is 0 Å². The van der Waals surface area contributed by atoms with Crippen LogP contribution in [-0.4, -0.2) is 25.8 Å². The molecule has 1 unspecified atom stereocenters. The molecule has 2 nitrogen and oxygen atoms in total. The maximum absolute atomic E-state index is 5.41.